The summed E-state index contributed by atoms with van der Waals surface area (Å²) in [5, 5.41) is 0. The fourth-order valence-corrected chi connectivity index (χ4v) is 7.98. The van der Waals surface area contributed by atoms with Crippen LogP contribution in [0, 0.1) is 0 Å². The molecule has 0 bridgehead atoms. The molecule has 0 aromatic heterocycles. The highest BCUT2D eigenvalue weighted by Crippen LogP contribution is 2.18. The molecule has 0 radical (unpaired) electrons. The van der Waals surface area contributed by atoms with Crippen molar-refractivity contribution in [1.29, 1.82) is 0 Å². The Kier molecular flexibility index (Phi) is 45.9. The second-order valence-electron chi connectivity index (χ2n) is 18.4. The number of hydrogen-bond acceptors (Lipinski definition) is 6. The minimum Gasteiger partial charge on any atom is -0.335 e. The molecule has 0 saturated carbocycles. The van der Waals surface area contributed by atoms with E-state index in [2.05, 4.69) is 85.5 Å². The van der Waals surface area contributed by atoms with Gasteiger partial charge in [-0.1, -0.05) is 130 Å². The molecule has 0 fully saturated rings. The van der Waals surface area contributed by atoms with E-state index in [1.54, 1.807) is 87.6 Å². The van der Waals surface area contributed by atoms with Gasteiger partial charge in [-0.15, -0.1) is 85.5 Å². The summed E-state index contributed by atoms with van der Waals surface area (Å²) in [7, 11) is 0. The van der Waals surface area contributed by atoms with Gasteiger partial charge in [0.05, 0.1) is 0 Å². The van der Waals surface area contributed by atoms with Gasteiger partial charge in [0.25, 0.3) is 17.7 Å². The lowest BCUT2D eigenvalue weighted by Crippen LogP contribution is -2.35. The number of nitrogens with zero attached hydrogens (tertiary/aromatic N) is 6. The lowest BCUT2D eigenvalue weighted by Gasteiger charge is -2.24. The van der Waals surface area contributed by atoms with E-state index in [-0.39, 0.29) is 52.1 Å². The molecule has 0 aliphatic carbocycles. The molecule has 1 aromatic carbocycles. The van der Waals surface area contributed by atoms with Crippen molar-refractivity contribution in [2.24, 2.45) is 0 Å². The molecule has 1 aromatic rings. The topological polar surface area (TPSA) is 122 Å². The van der Waals surface area contributed by atoms with Crippen LogP contribution in [0.1, 0.15) is 134 Å². The molecule has 428 valence electrons. The van der Waals surface area contributed by atoms with E-state index in [1.165, 1.54) is 58.6 Å². The average molecular weight is 1070 g/mol. The van der Waals surface area contributed by atoms with Gasteiger partial charge in [-0.3, -0.25) is 28.8 Å². The van der Waals surface area contributed by atoms with Crippen LogP contribution in [0.15, 0.2) is 183 Å². The summed E-state index contributed by atoms with van der Waals surface area (Å²) in [6.07, 6.45) is 38.3. The Morgan fingerprint density at radius 1 is 0.256 bits per heavy atom. The zero-order valence-corrected chi connectivity index (χ0v) is 47.9. The van der Waals surface area contributed by atoms with Gasteiger partial charge in [0.2, 0.25) is 17.7 Å². The molecule has 0 heterocycles. The first-order valence-corrected chi connectivity index (χ1v) is 27.5. The molecule has 78 heavy (non-hydrogen) atoms. The Morgan fingerprint density at radius 2 is 0.436 bits per heavy atom. The summed E-state index contributed by atoms with van der Waals surface area (Å²) in [6, 6.07) is 4.52. The Labute approximate surface area is 472 Å². The molecule has 0 atom stereocenters. The van der Waals surface area contributed by atoms with Gasteiger partial charge in [0.1, 0.15) is 0 Å². The molecular formula is C66H98N6O6. The van der Waals surface area contributed by atoms with E-state index >= 15 is 0 Å². The van der Waals surface area contributed by atoms with Crippen molar-refractivity contribution in [2.45, 2.75) is 103 Å². The van der Waals surface area contributed by atoms with Crippen LogP contribution in [0.3, 0.4) is 0 Å². The zero-order valence-electron chi connectivity index (χ0n) is 47.9. The van der Waals surface area contributed by atoms with Crippen LogP contribution >= 0.6 is 0 Å². The van der Waals surface area contributed by atoms with Gasteiger partial charge >= 0.3 is 0 Å². The third-order valence-corrected chi connectivity index (χ3v) is 11.9. The molecule has 1 rings (SSSR count). The van der Waals surface area contributed by atoms with Crippen molar-refractivity contribution >= 4 is 35.4 Å². The molecule has 0 aliphatic rings. The molecule has 0 saturated heterocycles. The highest BCUT2D eigenvalue weighted by molar-refractivity contribution is 6.04. The standard InChI is InChI=1S/C27H33N3O3.C22H36N2O2.C17H29NO/c1-7-13-28(14-8-2)25(31)22-19-23(26(32)29(15-9-3)16-10-4)21-24(20-22)27(33)30(17-11-5)18-12-6;1-5-17-23(18-6-2)21(25)15-13-11-9-10-12-14-16-22(26)24(19-7-3)20-8-4;1-4-7-8-9-10-11-12-13-14-17(19)18(15-5-2)16-6-3/h7-12,19-21H,1-6,13-18H2;5-8H,1-4,9-20H2;4-6H,1-3,7-16H2. The predicted octanol–water partition coefficient (Wildman–Crippen LogP) is 13.1. The number of benzene rings is 1. The van der Waals surface area contributed by atoms with Crippen LogP contribution in [-0.2, 0) is 14.4 Å². The summed E-state index contributed by atoms with van der Waals surface area (Å²) in [4.78, 5) is 85.7. The molecule has 0 spiro atoms. The second-order valence-corrected chi connectivity index (χ2v) is 18.4. The molecular weight excluding hydrogens is 973 g/mol. The molecule has 6 amide bonds. The van der Waals surface area contributed by atoms with Crippen LogP contribution in [0.2, 0.25) is 0 Å². The van der Waals surface area contributed by atoms with Crippen molar-refractivity contribution in [2.75, 3.05) is 78.5 Å². The largest absolute Gasteiger partial charge is 0.335 e. The number of carbonyl (C=O) groups is 6. The molecule has 12 nitrogen and oxygen atoms in total. The smallest absolute Gasteiger partial charge is 0.254 e. The number of hydrogen-bond donors (Lipinski definition) is 0. The number of rotatable bonds is 45. The van der Waals surface area contributed by atoms with Crippen molar-refractivity contribution in [3.8, 4) is 0 Å². The Balaban J connectivity index is 0. The SMILES string of the molecule is C=CCCCCCCCCC(=O)N(CC=C)CC=C.C=CCN(CC=C)C(=O)CCCCCCCCC(=O)N(CC=C)CC=C.C=CCN(CC=C)C(=O)c1cc(C(=O)N(CC=C)CC=C)cc(C(=O)N(CC=C)CC=C)c1. The highest BCUT2D eigenvalue weighted by Gasteiger charge is 2.24. The maximum atomic E-state index is 13.2. The fourth-order valence-electron chi connectivity index (χ4n) is 7.98. The van der Waals surface area contributed by atoms with Crippen LogP contribution < -0.4 is 0 Å². The third kappa shape index (κ3) is 33.0. The first-order chi connectivity index (χ1) is 37.7. The number of unbranched alkanes of at least 4 members (excludes halogenated alkanes) is 11. The lowest BCUT2D eigenvalue weighted by atomic mass is 10.0. The Hall–Kier alpha value is -7.34. The summed E-state index contributed by atoms with van der Waals surface area (Å²) >= 11 is 0. The van der Waals surface area contributed by atoms with Crippen molar-refractivity contribution < 1.29 is 28.8 Å². The number of allylic oxidation sites excluding steroid dienone is 1. The van der Waals surface area contributed by atoms with Crippen molar-refractivity contribution in [3.05, 3.63) is 199 Å². The number of carbonyl (C=O) groups excluding carboxylic acids is 6. The highest BCUT2D eigenvalue weighted by atomic mass is 16.2. The lowest BCUT2D eigenvalue weighted by molar-refractivity contribution is -0.131. The average Bonchev–Trinajstić information content (AvgIpc) is 3.43. The van der Waals surface area contributed by atoms with Gasteiger partial charge in [-0.25, -0.2) is 0 Å². The quantitative estimate of drug-likeness (QED) is 0.0474. The first kappa shape index (κ1) is 72.7. The maximum Gasteiger partial charge on any atom is 0.254 e. The maximum absolute atomic E-state index is 13.2. The normalized spacial score (nSPS) is 9.90. The molecule has 0 N–H and O–H groups in total. The Bertz CT molecular complexity index is 1850. The minimum absolute atomic E-state index is 0.167. The van der Waals surface area contributed by atoms with Crippen LogP contribution in [-0.4, -0.2) is 143 Å². The van der Waals surface area contributed by atoms with E-state index < -0.39 is 0 Å². The van der Waals surface area contributed by atoms with Crippen LogP contribution in [0.25, 0.3) is 0 Å². The van der Waals surface area contributed by atoms with Crippen molar-refractivity contribution in [3.63, 3.8) is 0 Å². The predicted molar refractivity (Wildman–Crippen MR) is 330 cm³/mol. The van der Waals surface area contributed by atoms with Gasteiger partial charge in [-0.2, -0.15) is 0 Å². The monoisotopic (exact) mass is 1070 g/mol. The first-order valence-electron chi connectivity index (χ1n) is 27.5. The zero-order chi connectivity index (χ0) is 58.8. The molecule has 0 aliphatic heterocycles. The van der Waals surface area contributed by atoms with Gasteiger partial charge in [-0.05, 0) is 50.3 Å². The minimum atomic E-state index is -0.337. The second kappa shape index (κ2) is 49.2. The Morgan fingerprint density at radius 3 is 0.628 bits per heavy atom. The fraction of sp³-hybridized carbons (Fsp3) is 0.424. The number of amides is 6. The third-order valence-electron chi connectivity index (χ3n) is 11.9. The van der Waals surface area contributed by atoms with Gasteiger partial charge < -0.3 is 29.4 Å². The van der Waals surface area contributed by atoms with Crippen LogP contribution in [0.5, 0.6) is 0 Å². The van der Waals surface area contributed by atoms with Crippen molar-refractivity contribution in [1.82, 2.24) is 29.4 Å². The summed E-state index contributed by atoms with van der Waals surface area (Å²) in [6.45, 7) is 53.3. The molecule has 0 unspecified atom stereocenters. The van der Waals surface area contributed by atoms with E-state index in [4.69, 9.17) is 0 Å². The van der Waals surface area contributed by atoms with Crippen LogP contribution in [0.4, 0.5) is 0 Å². The van der Waals surface area contributed by atoms with Gasteiger partial charge in [0.15, 0.2) is 0 Å². The molecule has 12 heteroatoms. The van der Waals surface area contributed by atoms with E-state index in [0.29, 0.717) is 97.8 Å². The summed E-state index contributed by atoms with van der Waals surface area (Å²) < 4.78 is 0. The van der Waals surface area contributed by atoms with E-state index in [0.717, 1.165) is 57.8 Å². The van der Waals surface area contributed by atoms with E-state index in [9.17, 15) is 28.8 Å². The summed E-state index contributed by atoms with van der Waals surface area (Å²) in [5.41, 5.74) is 0.673. The summed E-state index contributed by atoms with van der Waals surface area (Å²) in [5.74, 6) is -0.462. The van der Waals surface area contributed by atoms with Gasteiger partial charge in [0, 0.05) is 114 Å². The van der Waals surface area contributed by atoms with E-state index in [1.807, 2.05) is 6.08 Å².